The van der Waals surface area contributed by atoms with E-state index in [9.17, 15) is 13.6 Å². The lowest BCUT2D eigenvalue weighted by molar-refractivity contribution is 0.0566. The van der Waals surface area contributed by atoms with Crippen molar-refractivity contribution in [2.45, 2.75) is 44.0 Å². The Morgan fingerprint density at radius 2 is 2.04 bits per heavy atom. The SMILES string of the molecule is CC[C@H](C)N1C(=O)c2ccccc2N[C@H]1c1ccc(CSC(F)F)o1. The molecule has 1 aliphatic rings. The number of furan rings is 1. The van der Waals surface area contributed by atoms with Crippen LogP contribution < -0.4 is 5.32 Å². The minimum Gasteiger partial charge on any atom is -0.461 e. The zero-order chi connectivity index (χ0) is 18.0. The summed E-state index contributed by atoms with van der Waals surface area (Å²) in [4.78, 5) is 14.7. The topological polar surface area (TPSA) is 45.5 Å². The summed E-state index contributed by atoms with van der Waals surface area (Å²) in [5, 5.41) is 3.34. The molecule has 0 radical (unpaired) electrons. The maximum atomic E-state index is 13.0. The highest BCUT2D eigenvalue weighted by atomic mass is 32.2. The summed E-state index contributed by atoms with van der Waals surface area (Å²) < 4.78 is 30.5. The van der Waals surface area contributed by atoms with Gasteiger partial charge < -0.3 is 14.6 Å². The first kappa shape index (κ1) is 17.8. The Kier molecular flexibility index (Phi) is 5.32. The van der Waals surface area contributed by atoms with E-state index in [1.54, 1.807) is 23.1 Å². The van der Waals surface area contributed by atoms with E-state index >= 15 is 0 Å². The molecule has 0 spiro atoms. The molecule has 2 aromatic rings. The molecule has 1 aliphatic heterocycles. The Hall–Kier alpha value is -2.02. The number of amides is 1. The van der Waals surface area contributed by atoms with E-state index in [0.717, 1.165) is 12.1 Å². The molecule has 0 saturated carbocycles. The average molecular weight is 366 g/mol. The molecule has 0 aliphatic carbocycles. The van der Waals surface area contributed by atoms with Crippen LogP contribution in [0.1, 0.15) is 48.3 Å². The fourth-order valence-corrected chi connectivity index (χ4v) is 3.34. The van der Waals surface area contributed by atoms with Crippen molar-refractivity contribution in [3.05, 3.63) is 53.5 Å². The zero-order valence-electron chi connectivity index (χ0n) is 14.0. The molecule has 4 nitrogen and oxygen atoms in total. The summed E-state index contributed by atoms with van der Waals surface area (Å²) in [5.74, 6) is -1.39. The van der Waals surface area contributed by atoms with Crippen LogP contribution in [0.15, 0.2) is 40.8 Å². The van der Waals surface area contributed by atoms with E-state index in [2.05, 4.69) is 5.32 Å². The Morgan fingerprint density at radius 1 is 1.28 bits per heavy atom. The number of fused-ring (bicyclic) bond motifs is 1. The highest BCUT2D eigenvalue weighted by Gasteiger charge is 2.36. The highest BCUT2D eigenvalue weighted by molar-refractivity contribution is 7.98. The van der Waals surface area contributed by atoms with Crippen LogP contribution in [-0.2, 0) is 5.75 Å². The summed E-state index contributed by atoms with van der Waals surface area (Å²) in [6, 6.07) is 10.8. The lowest BCUT2D eigenvalue weighted by Crippen LogP contribution is -2.47. The Morgan fingerprint density at radius 3 is 2.76 bits per heavy atom. The van der Waals surface area contributed by atoms with Crippen molar-refractivity contribution in [1.29, 1.82) is 0 Å². The molecule has 0 bridgehead atoms. The summed E-state index contributed by atoms with van der Waals surface area (Å²) in [7, 11) is 0. The van der Waals surface area contributed by atoms with Gasteiger partial charge in [0.1, 0.15) is 11.5 Å². The zero-order valence-corrected chi connectivity index (χ0v) is 14.9. The number of carbonyl (C=O) groups excluding carboxylic acids is 1. The van der Waals surface area contributed by atoms with E-state index < -0.39 is 11.9 Å². The fourth-order valence-electron chi connectivity index (χ4n) is 2.89. The van der Waals surface area contributed by atoms with Crippen LogP contribution in [0.4, 0.5) is 14.5 Å². The number of anilines is 1. The number of carbonyl (C=O) groups is 1. The van der Waals surface area contributed by atoms with E-state index in [1.807, 2.05) is 32.0 Å². The molecule has 1 amide bonds. The van der Waals surface area contributed by atoms with Gasteiger partial charge in [0.05, 0.1) is 11.3 Å². The predicted octanol–water partition coefficient (Wildman–Crippen LogP) is 5.10. The third kappa shape index (κ3) is 3.66. The van der Waals surface area contributed by atoms with Crippen LogP contribution in [0.25, 0.3) is 0 Å². The number of para-hydroxylation sites is 1. The molecule has 25 heavy (non-hydrogen) atoms. The quantitative estimate of drug-likeness (QED) is 0.772. The van der Waals surface area contributed by atoms with Gasteiger partial charge in [0.2, 0.25) is 0 Å². The van der Waals surface area contributed by atoms with Gasteiger partial charge in [-0.15, -0.1) is 0 Å². The van der Waals surface area contributed by atoms with E-state index in [0.29, 0.717) is 28.8 Å². The summed E-state index contributed by atoms with van der Waals surface area (Å²) >= 11 is 0.517. The van der Waals surface area contributed by atoms with Crippen molar-refractivity contribution in [2.24, 2.45) is 0 Å². The number of halogens is 2. The second-order valence-electron chi connectivity index (χ2n) is 5.94. The van der Waals surface area contributed by atoms with Crippen LogP contribution in [0.2, 0.25) is 0 Å². The minimum absolute atomic E-state index is 0.00217. The van der Waals surface area contributed by atoms with Crippen LogP contribution in [0, 0.1) is 0 Å². The third-order valence-corrected chi connectivity index (χ3v) is 5.03. The van der Waals surface area contributed by atoms with Crippen molar-refractivity contribution >= 4 is 23.4 Å². The number of benzene rings is 1. The van der Waals surface area contributed by atoms with Gasteiger partial charge >= 0.3 is 0 Å². The molecular weight excluding hydrogens is 346 g/mol. The van der Waals surface area contributed by atoms with Gasteiger partial charge in [0.15, 0.2) is 6.17 Å². The number of alkyl halides is 2. The van der Waals surface area contributed by atoms with E-state index in [1.165, 1.54) is 0 Å². The molecule has 1 N–H and O–H groups in total. The number of rotatable bonds is 6. The second kappa shape index (κ2) is 7.47. The van der Waals surface area contributed by atoms with Gasteiger partial charge in [0.25, 0.3) is 11.7 Å². The molecule has 3 rings (SSSR count). The normalized spacial score (nSPS) is 18.2. The van der Waals surface area contributed by atoms with Gasteiger partial charge in [0, 0.05) is 11.7 Å². The van der Waals surface area contributed by atoms with Gasteiger partial charge in [-0.05, 0) is 37.6 Å². The van der Waals surface area contributed by atoms with Gasteiger partial charge in [-0.3, -0.25) is 4.79 Å². The molecule has 2 atom stereocenters. The Balaban J connectivity index is 1.91. The maximum Gasteiger partial charge on any atom is 0.284 e. The lowest BCUT2D eigenvalue weighted by Gasteiger charge is -2.40. The molecule has 2 heterocycles. The van der Waals surface area contributed by atoms with Crippen molar-refractivity contribution in [3.8, 4) is 0 Å². The first-order valence-corrected chi connectivity index (χ1v) is 9.22. The number of thioether (sulfide) groups is 1. The molecule has 0 fully saturated rings. The van der Waals surface area contributed by atoms with Crippen LogP contribution >= 0.6 is 11.8 Å². The van der Waals surface area contributed by atoms with Crippen molar-refractivity contribution in [2.75, 3.05) is 5.32 Å². The molecule has 134 valence electrons. The average Bonchev–Trinajstić information content (AvgIpc) is 3.08. The largest absolute Gasteiger partial charge is 0.461 e. The standard InChI is InChI=1S/C18H20F2N2O2S/c1-3-11(2)22-16(15-9-8-12(24-15)10-25-18(19)20)21-14-7-5-4-6-13(14)17(22)23/h4-9,11,16,18,21H,3,10H2,1-2H3/t11-,16+/m0/s1. The van der Waals surface area contributed by atoms with Crippen LogP contribution in [0.3, 0.4) is 0 Å². The Labute approximate surface area is 149 Å². The van der Waals surface area contributed by atoms with Gasteiger partial charge in [-0.2, -0.15) is 8.78 Å². The summed E-state index contributed by atoms with van der Waals surface area (Å²) in [6.07, 6.45) is 0.337. The molecule has 0 unspecified atom stereocenters. The molecule has 1 aromatic heterocycles. The van der Waals surface area contributed by atoms with Crippen molar-refractivity contribution in [1.82, 2.24) is 4.90 Å². The summed E-state index contributed by atoms with van der Waals surface area (Å²) in [5.41, 5.74) is 1.37. The van der Waals surface area contributed by atoms with Gasteiger partial charge in [-0.1, -0.05) is 30.8 Å². The van der Waals surface area contributed by atoms with Crippen molar-refractivity contribution in [3.63, 3.8) is 0 Å². The maximum absolute atomic E-state index is 13.0. The van der Waals surface area contributed by atoms with Crippen LogP contribution in [0.5, 0.6) is 0 Å². The first-order valence-electron chi connectivity index (χ1n) is 8.17. The minimum atomic E-state index is -2.44. The fraction of sp³-hybridized carbons (Fsp3) is 0.389. The Bertz CT molecular complexity index is 750. The smallest absolute Gasteiger partial charge is 0.284 e. The predicted molar refractivity (Wildman–Crippen MR) is 94.7 cm³/mol. The first-order chi connectivity index (χ1) is 12.0. The molecule has 7 heteroatoms. The van der Waals surface area contributed by atoms with E-state index in [-0.39, 0.29) is 17.7 Å². The number of nitrogens with zero attached hydrogens (tertiary/aromatic N) is 1. The molecule has 1 aromatic carbocycles. The van der Waals surface area contributed by atoms with E-state index in [4.69, 9.17) is 4.42 Å². The molecular formula is C18H20F2N2O2S. The third-order valence-electron chi connectivity index (χ3n) is 4.33. The van der Waals surface area contributed by atoms with Crippen LogP contribution in [-0.4, -0.2) is 22.6 Å². The number of hydrogen-bond donors (Lipinski definition) is 1. The van der Waals surface area contributed by atoms with Crippen molar-refractivity contribution < 1.29 is 18.0 Å². The monoisotopic (exact) mass is 366 g/mol. The lowest BCUT2D eigenvalue weighted by atomic mass is 10.0. The number of nitrogens with one attached hydrogen (secondary N) is 1. The molecule has 0 saturated heterocycles. The van der Waals surface area contributed by atoms with Gasteiger partial charge in [-0.25, -0.2) is 0 Å². The second-order valence-corrected chi connectivity index (χ2v) is 6.92. The highest BCUT2D eigenvalue weighted by Crippen LogP contribution is 2.36. The summed E-state index contributed by atoms with van der Waals surface area (Å²) in [6.45, 7) is 4.00. The number of hydrogen-bond acceptors (Lipinski definition) is 4.